The average Bonchev–Trinajstić information content (AvgIpc) is 3.25. The fourth-order valence-electron chi connectivity index (χ4n) is 4.17. The zero-order chi connectivity index (χ0) is 20.5. The van der Waals surface area contributed by atoms with Crippen molar-refractivity contribution in [1.82, 2.24) is 29.5 Å². The van der Waals surface area contributed by atoms with Gasteiger partial charge in [-0.3, -0.25) is 0 Å². The first-order valence-corrected chi connectivity index (χ1v) is 10.6. The van der Waals surface area contributed by atoms with Gasteiger partial charge < -0.3 is 4.90 Å². The van der Waals surface area contributed by atoms with Crippen molar-refractivity contribution in [3.05, 3.63) is 65.9 Å². The molecule has 1 fully saturated rings. The molecular weight excluding hydrogens is 374 g/mol. The maximum Gasteiger partial charge on any atom is 0.252 e. The van der Waals surface area contributed by atoms with Crippen LogP contribution in [0.25, 0.3) is 17.0 Å². The van der Waals surface area contributed by atoms with Gasteiger partial charge in [-0.15, -0.1) is 5.10 Å². The summed E-state index contributed by atoms with van der Waals surface area (Å²) in [6.07, 6.45) is 6.69. The van der Waals surface area contributed by atoms with Crippen molar-refractivity contribution in [3.8, 4) is 11.3 Å². The van der Waals surface area contributed by atoms with E-state index in [4.69, 9.17) is 4.98 Å². The monoisotopic (exact) mass is 399 g/mol. The Balaban J connectivity index is 1.39. The number of hydrogen-bond acceptors (Lipinski definition) is 6. The van der Waals surface area contributed by atoms with Crippen LogP contribution in [-0.2, 0) is 6.42 Å². The maximum atomic E-state index is 4.87. The summed E-state index contributed by atoms with van der Waals surface area (Å²) in [5.74, 6) is 2.82. The molecule has 1 aliphatic heterocycles. The van der Waals surface area contributed by atoms with Gasteiger partial charge in [-0.05, 0) is 37.3 Å². The first-order chi connectivity index (χ1) is 14.7. The van der Waals surface area contributed by atoms with E-state index in [1.165, 1.54) is 5.56 Å². The zero-order valence-electron chi connectivity index (χ0n) is 17.4. The molecule has 3 aromatic heterocycles. The van der Waals surface area contributed by atoms with E-state index in [0.29, 0.717) is 11.7 Å². The molecule has 1 aromatic carbocycles. The first kappa shape index (κ1) is 18.7. The molecule has 30 heavy (non-hydrogen) atoms. The minimum Gasteiger partial charge on any atom is -0.341 e. The molecule has 0 N–H and O–H groups in total. The highest BCUT2D eigenvalue weighted by molar-refractivity contribution is 5.63. The highest BCUT2D eigenvalue weighted by Crippen LogP contribution is 2.30. The SMILES string of the molecule is CCc1nc2ncc(-c3ccnc(N4CCC(c5ccccc5)CC4)n3)c(C)n2n1. The Morgan fingerprint density at radius 2 is 1.80 bits per heavy atom. The van der Waals surface area contributed by atoms with E-state index < -0.39 is 0 Å². The summed E-state index contributed by atoms with van der Waals surface area (Å²) in [6.45, 7) is 6.00. The van der Waals surface area contributed by atoms with Gasteiger partial charge in [0.05, 0.1) is 11.4 Å². The van der Waals surface area contributed by atoms with E-state index in [1.807, 2.05) is 32.3 Å². The zero-order valence-corrected chi connectivity index (χ0v) is 17.4. The lowest BCUT2D eigenvalue weighted by molar-refractivity contribution is 0.499. The van der Waals surface area contributed by atoms with Gasteiger partial charge in [0.15, 0.2) is 5.82 Å². The molecule has 4 aromatic rings. The normalized spacial score (nSPS) is 15.1. The lowest BCUT2D eigenvalue weighted by Gasteiger charge is -2.32. The van der Waals surface area contributed by atoms with Crippen LogP contribution in [0.2, 0.25) is 0 Å². The molecule has 0 saturated carbocycles. The van der Waals surface area contributed by atoms with Crippen molar-refractivity contribution >= 4 is 11.7 Å². The van der Waals surface area contributed by atoms with E-state index in [2.05, 4.69) is 55.3 Å². The molecule has 0 bridgehead atoms. The molecule has 5 rings (SSSR count). The van der Waals surface area contributed by atoms with Crippen molar-refractivity contribution in [2.24, 2.45) is 0 Å². The lowest BCUT2D eigenvalue weighted by Crippen LogP contribution is -2.34. The van der Waals surface area contributed by atoms with Crippen LogP contribution < -0.4 is 4.90 Å². The van der Waals surface area contributed by atoms with Crippen LogP contribution in [0.4, 0.5) is 5.95 Å². The molecular formula is C23H25N7. The third-order valence-corrected chi connectivity index (χ3v) is 5.93. The minimum atomic E-state index is 0.611. The Bertz CT molecular complexity index is 1160. The predicted molar refractivity (Wildman–Crippen MR) is 117 cm³/mol. The molecule has 0 atom stereocenters. The molecule has 0 radical (unpaired) electrons. The summed E-state index contributed by atoms with van der Waals surface area (Å²) in [7, 11) is 0. The summed E-state index contributed by atoms with van der Waals surface area (Å²) in [5.41, 5.74) is 4.24. The second-order valence-corrected chi connectivity index (χ2v) is 7.76. The van der Waals surface area contributed by atoms with Gasteiger partial charge in [-0.1, -0.05) is 37.3 Å². The van der Waals surface area contributed by atoms with E-state index >= 15 is 0 Å². The van der Waals surface area contributed by atoms with E-state index in [0.717, 1.165) is 61.1 Å². The van der Waals surface area contributed by atoms with Crippen LogP contribution >= 0.6 is 0 Å². The predicted octanol–water partition coefficient (Wildman–Crippen LogP) is 3.84. The second kappa shape index (κ2) is 7.82. The van der Waals surface area contributed by atoms with Gasteiger partial charge in [-0.2, -0.15) is 4.98 Å². The van der Waals surface area contributed by atoms with Crippen LogP contribution in [0.3, 0.4) is 0 Å². The number of rotatable bonds is 4. The van der Waals surface area contributed by atoms with Crippen LogP contribution in [0.15, 0.2) is 48.8 Å². The largest absolute Gasteiger partial charge is 0.341 e. The average molecular weight is 400 g/mol. The molecule has 152 valence electrons. The summed E-state index contributed by atoms with van der Waals surface area (Å²) in [4.78, 5) is 20.7. The number of fused-ring (bicyclic) bond motifs is 1. The van der Waals surface area contributed by atoms with Gasteiger partial charge in [0.2, 0.25) is 5.95 Å². The number of anilines is 1. The topological polar surface area (TPSA) is 72.1 Å². The van der Waals surface area contributed by atoms with Gasteiger partial charge in [-0.25, -0.2) is 19.5 Å². The summed E-state index contributed by atoms with van der Waals surface area (Å²) >= 11 is 0. The molecule has 7 nitrogen and oxygen atoms in total. The van der Waals surface area contributed by atoms with E-state index in [1.54, 1.807) is 4.52 Å². The number of benzene rings is 1. The third-order valence-electron chi connectivity index (χ3n) is 5.93. The van der Waals surface area contributed by atoms with Gasteiger partial charge in [0.25, 0.3) is 5.78 Å². The standard InChI is InChI=1S/C23H25N7/c1-3-21-27-23-25-15-19(16(2)30(23)28-21)20-9-12-24-22(26-20)29-13-10-18(11-14-29)17-7-5-4-6-8-17/h4-9,12,15,18H,3,10-11,13-14H2,1-2H3. The number of aryl methyl sites for hydroxylation is 2. The molecule has 1 aliphatic rings. The van der Waals surface area contributed by atoms with E-state index in [9.17, 15) is 0 Å². The number of nitrogens with zero attached hydrogens (tertiary/aromatic N) is 7. The van der Waals surface area contributed by atoms with Crippen molar-refractivity contribution in [2.75, 3.05) is 18.0 Å². The highest BCUT2D eigenvalue weighted by Gasteiger charge is 2.22. The Hall–Kier alpha value is -3.35. The molecule has 0 unspecified atom stereocenters. The van der Waals surface area contributed by atoms with Crippen molar-refractivity contribution in [2.45, 2.75) is 39.0 Å². The maximum absolute atomic E-state index is 4.87. The van der Waals surface area contributed by atoms with E-state index in [-0.39, 0.29) is 0 Å². The fraction of sp³-hybridized carbons (Fsp3) is 0.348. The first-order valence-electron chi connectivity index (χ1n) is 10.6. The Morgan fingerprint density at radius 3 is 2.57 bits per heavy atom. The molecule has 7 heteroatoms. The smallest absolute Gasteiger partial charge is 0.252 e. The molecule has 4 heterocycles. The van der Waals surface area contributed by atoms with Crippen LogP contribution in [0.5, 0.6) is 0 Å². The van der Waals surface area contributed by atoms with Crippen LogP contribution in [-0.4, -0.2) is 42.6 Å². The number of piperidine rings is 1. The van der Waals surface area contributed by atoms with Crippen LogP contribution in [0.1, 0.15) is 42.8 Å². The number of hydrogen-bond donors (Lipinski definition) is 0. The third kappa shape index (κ3) is 3.40. The van der Waals surface area contributed by atoms with Crippen molar-refractivity contribution in [3.63, 3.8) is 0 Å². The summed E-state index contributed by atoms with van der Waals surface area (Å²) in [6, 6.07) is 12.7. The Kier molecular flexibility index (Phi) is 4.86. The number of aromatic nitrogens is 6. The quantitative estimate of drug-likeness (QED) is 0.519. The van der Waals surface area contributed by atoms with Crippen LogP contribution in [0, 0.1) is 6.92 Å². The minimum absolute atomic E-state index is 0.611. The molecule has 0 aliphatic carbocycles. The summed E-state index contributed by atoms with van der Waals surface area (Å²) in [5, 5.41) is 4.56. The molecule has 0 amide bonds. The Morgan fingerprint density at radius 1 is 1.00 bits per heavy atom. The van der Waals surface area contributed by atoms with Gasteiger partial charge >= 0.3 is 0 Å². The molecule has 1 saturated heterocycles. The van der Waals surface area contributed by atoms with Gasteiger partial charge in [0.1, 0.15) is 0 Å². The Labute approximate surface area is 175 Å². The van der Waals surface area contributed by atoms with Crippen molar-refractivity contribution < 1.29 is 0 Å². The second-order valence-electron chi connectivity index (χ2n) is 7.76. The van der Waals surface area contributed by atoms with Crippen molar-refractivity contribution in [1.29, 1.82) is 0 Å². The van der Waals surface area contributed by atoms with Gasteiger partial charge in [0, 0.05) is 37.5 Å². The highest BCUT2D eigenvalue weighted by atomic mass is 15.3. The fourth-order valence-corrected chi connectivity index (χ4v) is 4.17. The summed E-state index contributed by atoms with van der Waals surface area (Å²) < 4.78 is 1.81. The molecule has 0 spiro atoms. The lowest BCUT2D eigenvalue weighted by atomic mass is 9.90.